The molecule has 0 bridgehead atoms. The summed E-state index contributed by atoms with van der Waals surface area (Å²) in [5, 5.41) is 0. The number of rotatable bonds is 6. The van der Waals surface area contributed by atoms with E-state index in [1.165, 1.54) is 5.56 Å². The van der Waals surface area contributed by atoms with Crippen LogP contribution in [0.3, 0.4) is 0 Å². The zero-order chi connectivity index (χ0) is 13.4. The third-order valence-corrected chi connectivity index (χ3v) is 2.54. The van der Waals surface area contributed by atoms with Gasteiger partial charge >= 0.3 is 0 Å². The molecule has 0 amide bonds. The molecule has 0 spiro atoms. The molecule has 1 rings (SSSR count). The first-order valence-corrected chi connectivity index (χ1v) is 6.52. The van der Waals surface area contributed by atoms with Crippen LogP contribution in [-0.2, 0) is 6.42 Å². The van der Waals surface area contributed by atoms with Crippen LogP contribution < -0.4 is 9.47 Å². The fourth-order valence-corrected chi connectivity index (χ4v) is 1.87. The predicted octanol–water partition coefficient (Wildman–Crippen LogP) is 3.69. The highest BCUT2D eigenvalue weighted by Gasteiger charge is 2.07. The molecule has 1 aromatic carbocycles. The van der Waals surface area contributed by atoms with Crippen molar-refractivity contribution in [2.45, 2.75) is 34.1 Å². The highest BCUT2D eigenvalue weighted by atomic mass is 16.5. The standard InChI is InChI=1S/C16H22O2/c1-5-8-13(4)11-14-9-10-15(17-6-2)16(12-14)18-7-3/h9-10,12-13H,6-7,11H2,1-4H3. The topological polar surface area (TPSA) is 18.5 Å². The molecule has 1 unspecified atom stereocenters. The average molecular weight is 246 g/mol. The third kappa shape index (κ3) is 4.33. The largest absolute Gasteiger partial charge is 0.490 e. The van der Waals surface area contributed by atoms with Gasteiger partial charge in [0.2, 0.25) is 0 Å². The summed E-state index contributed by atoms with van der Waals surface area (Å²) in [4.78, 5) is 0. The second kappa shape index (κ2) is 7.66. The number of benzene rings is 1. The summed E-state index contributed by atoms with van der Waals surface area (Å²) in [7, 11) is 0. The molecule has 0 fully saturated rings. The lowest BCUT2D eigenvalue weighted by molar-refractivity contribution is 0.287. The lowest BCUT2D eigenvalue weighted by atomic mass is 10.0. The maximum absolute atomic E-state index is 5.61. The zero-order valence-electron chi connectivity index (χ0n) is 11.7. The fraction of sp³-hybridized carbons (Fsp3) is 0.500. The molecule has 0 saturated heterocycles. The number of hydrogen-bond donors (Lipinski definition) is 0. The molecule has 1 aromatic rings. The Kier molecular flexibility index (Phi) is 6.14. The minimum absolute atomic E-state index is 0.363. The Bertz CT molecular complexity index is 426. The van der Waals surface area contributed by atoms with Gasteiger partial charge in [-0.2, -0.15) is 0 Å². The Morgan fingerprint density at radius 2 is 1.78 bits per heavy atom. The summed E-state index contributed by atoms with van der Waals surface area (Å²) in [5.41, 5.74) is 1.23. The first-order valence-electron chi connectivity index (χ1n) is 6.52. The summed E-state index contributed by atoms with van der Waals surface area (Å²) in [6.45, 7) is 9.26. The summed E-state index contributed by atoms with van der Waals surface area (Å²) < 4.78 is 11.2. The Morgan fingerprint density at radius 3 is 2.39 bits per heavy atom. The van der Waals surface area contributed by atoms with E-state index in [9.17, 15) is 0 Å². The van der Waals surface area contributed by atoms with Gasteiger partial charge in [-0.1, -0.05) is 13.0 Å². The first-order chi connectivity index (χ1) is 8.71. The zero-order valence-corrected chi connectivity index (χ0v) is 11.7. The molecule has 0 aromatic heterocycles. The molecule has 0 aliphatic heterocycles. The van der Waals surface area contributed by atoms with Crippen molar-refractivity contribution in [2.24, 2.45) is 5.92 Å². The van der Waals surface area contributed by atoms with Gasteiger partial charge in [0, 0.05) is 5.92 Å². The molecule has 0 N–H and O–H groups in total. The van der Waals surface area contributed by atoms with Gasteiger partial charge in [0.05, 0.1) is 13.2 Å². The van der Waals surface area contributed by atoms with Crippen LogP contribution in [0.15, 0.2) is 18.2 Å². The van der Waals surface area contributed by atoms with Crippen molar-refractivity contribution in [3.8, 4) is 23.3 Å². The van der Waals surface area contributed by atoms with Crippen molar-refractivity contribution in [1.82, 2.24) is 0 Å². The fourth-order valence-electron chi connectivity index (χ4n) is 1.87. The second-order valence-electron chi connectivity index (χ2n) is 4.15. The predicted molar refractivity (Wildman–Crippen MR) is 75.1 cm³/mol. The van der Waals surface area contributed by atoms with Crippen LogP contribution in [0.4, 0.5) is 0 Å². The van der Waals surface area contributed by atoms with Crippen LogP contribution in [0.5, 0.6) is 11.5 Å². The normalized spacial score (nSPS) is 11.3. The SMILES string of the molecule is CC#CC(C)Cc1ccc(OCC)c(OCC)c1. The molecule has 0 heterocycles. The smallest absolute Gasteiger partial charge is 0.161 e. The van der Waals surface area contributed by atoms with Crippen LogP contribution in [0, 0.1) is 17.8 Å². The van der Waals surface area contributed by atoms with E-state index in [4.69, 9.17) is 9.47 Å². The molecule has 0 aliphatic carbocycles. The van der Waals surface area contributed by atoms with Gasteiger partial charge in [0.1, 0.15) is 0 Å². The molecule has 0 saturated carbocycles. The molecule has 2 nitrogen and oxygen atoms in total. The third-order valence-electron chi connectivity index (χ3n) is 2.54. The minimum Gasteiger partial charge on any atom is -0.490 e. The summed E-state index contributed by atoms with van der Waals surface area (Å²) in [6.07, 6.45) is 0.938. The number of ether oxygens (including phenoxy) is 2. The van der Waals surface area contributed by atoms with E-state index < -0.39 is 0 Å². The summed E-state index contributed by atoms with van der Waals surface area (Å²) >= 11 is 0. The van der Waals surface area contributed by atoms with E-state index in [1.807, 2.05) is 26.8 Å². The van der Waals surface area contributed by atoms with Crippen molar-refractivity contribution in [1.29, 1.82) is 0 Å². The summed E-state index contributed by atoms with van der Waals surface area (Å²) in [6, 6.07) is 6.12. The van der Waals surface area contributed by atoms with E-state index in [0.29, 0.717) is 19.1 Å². The Hall–Kier alpha value is -1.62. The van der Waals surface area contributed by atoms with Gasteiger partial charge in [0.25, 0.3) is 0 Å². The molecule has 0 radical (unpaired) electrons. The van der Waals surface area contributed by atoms with Crippen LogP contribution in [0.2, 0.25) is 0 Å². The molecule has 18 heavy (non-hydrogen) atoms. The molecular weight excluding hydrogens is 224 g/mol. The van der Waals surface area contributed by atoms with Crippen LogP contribution >= 0.6 is 0 Å². The maximum atomic E-state index is 5.61. The van der Waals surface area contributed by atoms with E-state index in [0.717, 1.165) is 17.9 Å². The van der Waals surface area contributed by atoms with Gasteiger partial charge < -0.3 is 9.47 Å². The van der Waals surface area contributed by atoms with Gasteiger partial charge in [-0.15, -0.1) is 11.8 Å². The number of hydrogen-bond acceptors (Lipinski definition) is 2. The Morgan fingerprint density at radius 1 is 1.11 bits per heavy atom. The van der Waals surface area contributed by atoms with Crippen LogP contribution in [0.1, 0.15) is 33.3 Å². The first kappa shape index (κ1) is 14.4. The quantitative estimate of drug-likeness (QED) is 0.713. The second-order valence-corrected chi connectivity index (χ2v) is 4.15. The van der Waals surface area contributed by atoms with Crippen LogP contribution in [0.25, 0.3) is 0 Å². The van der Waals surface area contributed by atoms with E-state index in [2.05, 4.69) is 30.9 Å². The van der Waals surface area contributed by atoms with E-state index >= 15 is 0 Å². The molecule has 2 heteroatoms. The molecule has 98 valence electrons. The monoisotopic (exact) mass is 246 g/mol. The Balaban J connectivity index is 2.87. The average Bonchev–Trinajstić information content (AvgIpc) is 2.33. The highest BCUT2D eigenvalue weighted by Crippen LogP contribution is 2.29. The van der Waals surface area contributed by atoms with Gasteiger partial charge in [0.15, 0.2) is 11.5 Å². The van der Waals surface area contributed by atoms with Crippen molar-refractivity contribution >= 4 is 0 Å². The summed E-state index contributed by atoms with van der Waals surface area (Å²) in [5.74, 6) is 8.12. The lowest BCUT2D eigenvalue weighted by Gasteiger charge is -2.13. The lowest BCUT2D eigenvalue weighted by Crippen LogP contribution is -2.01. The van der Waals surface area contributed by atoms with E-state index in [-0.39, 0.29) is 0 Å². The van der Waals surface area contributed by atoms with Crippen LogP contribution in [-0.4, -0.2) is 13.2 Å². The van der Waals surface area contributed by atoms with Crippen molar-refractivity contribution in [2.75, 3.05) is 13.2 Å². The highest BCUT2D eigenvalue weighted by molar-refractivity contribution is 5.43. The van der Waals surface area contributed by atoms with Crippen molar-refractivity contribution in [3.63, 3.8) is 0 Å². The molecular formula is C16H22O2. The minimum atomic E-state index is 0.363. The molecule has 1 atom stereocenters. The van der Waals surface area contributed by atoms with E-state index in [1.54, 1.807) is 0 Å². The maximum Gasteiger partial charge on any atom is 0.161 e. The van der Waals surface area contributed by atoms with Gasteiger partial charge in [-0.3, -0.25) is 0 Å². The van der Waals surface area contributed by atoms with Gasteiger partial charge in [-0.05, 0) is 44.9 Å². The Labute approximate surface area is 110 Å². The van der Waals surface area contributed by atoms with Crippen molar-refractivity contribution in [3.05, 3.63) is 23.8 Å². The van der Waals surface area contributed by atoms with Crippen molar-refractivity contribution < 1.29 is 9.47 Å². The van der Waals surface area contributed by atoms with Gasteiger partial charge in [-0.25, -0.2) is 0 Å². The molecule has 0 aliphatic rings.